The third-order valence-electron chi connectivity index (χ3n) is 4.22. The highest BCUT2D eigenvalue weighted by atomic mass is 35.5. The Morgan fingerprint density at radius 1 is 1.32 bits per heavy atom. The molecule has 0 spiro atoms. The second-order valence-electron chi connectivity index (χ2n) is 5.74. The maximum atomic E-state index is 12.3. The van der Waals surface area contributed by atoms with Crippen LogP contribution in [-0.2, 0) is 4.79 Å². The average molecular weight is 356 g/mol. The minimum absolute atomic E-state index is 0.0182. The SMILES string of the molecule is CCC(=O)N(C)C(c1cccnc1)c1cc(Cl)c2cccnc2c1O. The van der Waals surface area contributed by atoms with Crippen molar-refractivity contribution < 1.29 is 9.90 Å². The van der Waals surface area contributed by atoms with Crippen molar-refractivity contribution in [3.05, 3.63) is 65.1 Å². The first-order chi connectivity index (χ1) is 12.0. The molecule has 0 aliphatic heterocycles. The maximum Gasteiger partial charge on any atom is 0.222 e. The fourth-order valence-electron chi connectivity index (χ4n) is 2.96. The second kappa shape index (κ2) is 7.07. The van der Waals surface area contributed by atoms with Crippen LogP contribution in [0.15, 0.2) is 48.9 Å². The van der Waals surface area contributed by atoms with Gasteiger partial charge in [0.15, 0.2) is 0 Å². The van der Waals surface area contributed by atoms with Gasteiger partial charge in [0.25, 0.3) is 0 Å². The van der Waals surface area contributed by atoms with Gasteiger partial charge < -0.3 is 10.0 Å². The smallest absolute Gasteiger partial charge is 0.222 e. The normalized spacial score (nSPS) is 12.1. The molecular weight excluding hydrogens is 338 g/mol. The van der Waals surface area contributed by atoms with Crippen molar-refractivity contribution >= 4 is 28.4 Å². The zero-order valence-corrected chi connectivity index (χ0v) is 14.7. The number of carbonyl (C=O) groups is 1. The first kappa shape index (κ1) is 17.2. The molecule has 3 aromatic rings. The van der Waals surface area contributed by atoms with Crippen molar-refractivity contribution in [2.24, 2.45) is 0 Å². The molecular formula is C19H18ClN3O2. The van der Waals surface area contributed by atoms with Gasteiger partial charge in [-0.2, -0.15) is 0 Å². The first-order valence-electron chi connectivity index (χ1n) is 7.96. The largest absolute Gasteiger partial charge is 0.505 e. The minimum atomic E-state index is -0.509. The van der Waals surface area contributed by atoms with Gasteiger partial charge in [-0.25, -0.2) is 0 Å². The van der Waals surface area contributed by atoms with E-state index < -0.39 is 6.04 Å². The first-order valence-corrected chi connectivity index (χ1v) is 8.34. The van der Waals surface area contributed by atoms with E-state index in [0.29, 0.717) is 27.9 Å². The zero-order valence-electron chi connectivity index (χ0n) is 14.0. The van der Waals surface area contributed by atoms with Crippen LogP contribution in [0.2, 0.25) is 5.02 Å². The summed E-state index contributed by atoms with van der Waals surface area (Å²) < 4.78 is 0. The molecule has 0 fully saturated rings. The molecule has 5 nitrogen and oxygen atoms in total. The van der Waals surface area contributed by atoms with Crippen molar-refractivity contribution in [1.82, 2.24) is 14.9 Å². The predicted molar refractivity (Wildman–Crippen MR) is 97.6 cm³/mol. The molecule has 0 saturated heterocycles. The summed E-state index contributed by atoms with van der Waals surface area (Å²) in [5, 5.41) is 12.0. The van der Waals surface area contributed by atoms with E-state index in [1.54, 1.807) is 61.7 Å². The fourth-order valence-corrected chi connectivity index (χ4v) is 3.23. The number of amides is 1. The zero-order chi connectivity index (χ0) is 18.0. The molecule has 3 rings (SSSR count). The summed E-state index contributed by atoms with van der Waals surface area (Å²) in [6.45, 7) is 1.80. The lowest BCUT2D eigenvalue weighted by Crippen LogP contribution is -2.31. The number of rotatable bonds is 4. The van der Waals surface area contributed by atoms with Crippen LogP contribution in [-0.4, -0.2) is 32.9 Å². The molecule has 128 valence electrons. The predicted octanol–water partition coefficient (Wildman–Crippen LogP) is 3.95. The Morgan fingerprint density at radius 3 is 2.76 bits per heavy atom. The highest BCUT2D eigenvalue weighted by Gasteiger charge is 2.27. The summed E-state index contributed by atoms with van der Waals surface area (Å²) in [4.78, 5) is 22.3. The lowest BCUT2D eigenvalue weighted by Gasteiger charge is -2.29. The van der Waals surface area contributed by atoms with E-state index in [2.05, 4.69) is 9.97 Å². The van der Waals surface area contributed by atoms with Gasteiger partial charge >= 0.3 is 0 Å². The monoisotopic (exact) mass is 355 g/mol. The summed E-state index contributed by atoms with van der Waals surface area (Å²) in [7, 11) is 1.71. The number of fused-ring (bicyclic) bond motifs is 1. The Labute approximate surface area is 150 Å². The van der Waals surface area contributed by atoms with Crippen LogP contribution < -0.4 is 0 Å². The lowest BCUT2D eigenvalue weighted by molar-refractivity contribution is -0.131. The molecule has 6 heteroatoms. The van der Waals surface area contributed by atoms with E-state index >= 15 is 0 Å². The van der Waals surface area contributed by atoms with Crippen LogP contribution in [0.4, 0.5) is 0 Å². The molecule has 0 aliphatic rings. The summed E-state index contributed by atoms with van der Waals surface area (Å²) in [6.07, 6.45) is 5.30. The van der Waals surface area contributed by atoms with Gasteiger partial charge in [0, 0.05) is 43.0 Å². The molecule has 0 radical (unpaired) electrons. The highest BCUT2D eigenvalue weighted by molar-refractivity contribution is 6.35. The fraction of sp³-hybridized carbons (Fsp3) is 0.211. The molecule has 25 heavy (non-hydrogen) atoms. The number of halogens is 1. The molecule has 1 unspecified atom stereocenters. The van der Waals surface area contributed by atoms with Crippen LogP contribution >= 0.6 is 11.6 Å². The number of hydrogen-bond acceptors (Lipinski definition) is 4. The number of benzene rings is 1. The van der Waals surface area contributed by atoms with Crippen LogP contribution in [0.3, 0.4) is 0 Å². The van der Waals surface area contributed by atoms with Crippen molar-refractivity contribution in [2.45, 2.75) is 19.4 Å². The molecule has 0 saturated carbocycles. The molecule has 1 atom stereocenters. The van der Waals surface area contributed by atoms with Crippen molar-refractivity contribution in [1.29, 1.82) is 0 Å². The Balaban J connectivity index is 2.25. The third-order valence-corrected chi connectivity index (χ3v) is 4.54. The van der Waals surface area contributed by atoms with Crippen molar-refractivity contribution in [2.75, 3.05) is 7.05 Å². The van der Waals surface area contributed by atoms with Crippen molar-refractivity contribution in [3.63, 3.8) is 0 Å². The summed E-state index contributed by atoms with van der Waals surface area (Å²) in [6, 6.07) is 8.41. The lowest BCUT2D eigenvalue weighted by atomic mass is 9.96. The maximum absolute atomic E-state index is 12.3. The van der Waals surface area contributed by atoms with Crippen LogP contribution in [0.5, 0.6) is 5.75 Å². The van der Waals surface area contributed by atoms with Crippen LogP contribution in [0.1, 0.15) is 30.5 Å². The summed E-state index contributed by atoms with van der Waals surface area (Å²) in [5.74, 6) is -0.0323. The number of phenolic OH excluding ortho intramolecular Hbond substituents is 1. The van der Waals surface area contributed by atoms with Crippen LogP contribution in [0.25, 0.3) is 10.9 Å². The standard InChI is InChI=1S/C19H18ClN3O2/c1-3-16(24)23(2)18(12-6-4-8-21-11-12)14-10-15(20)13-7-5-9-22-17(13)19(14)25/h4-11,18,25H,3H2,1-2H3. The summed E-state index contributed by atoms with van der Waals surface area (Å²) >= 11 is 6.41. The molecule has 1 N–H and O–H groups in total. The second-order valence-corrected chi connectivity index (χ2v) is 6.15. The topological polar surface area (TPSA) is 66.3 Å². The van der Waals surface area contributed by atoms with Crippen LogP contribution in [0, 0.1) is 0 Å². The number of phenols is 1. The van der Waals surface area contributed by atoms with E-state index in [1.807, 2.05) is 6.07 Å². The molecule has 0 bridgehead atoms. The number of nitrogens with zero attached hydrogens (tertiary/aromatic N) is 3. The van der Waals surface area contributed by atoms with Gasteiger partial charge in [0.2, 0.25) is 5.91 Å². The molecule has 2 aromatic heterocycles. The van der Waals surface area contributed by atoms with Gasteiger partial charge in [0.05, 0.1) is 11.1 Å². The third kappa shape index (κ3) is 3.15. The number of carbonyl (C=O) groups excluding carboxylic acids is 1. The van der Waals surface area contributed by atoms with Gasteiger partial charge in [-0.05, 0) is 29.8 Å². The molecule has 1 amide bonds. The average Bonchev–Trinajstić information content (AvgIpc) is 2.66. The van der Waals surface area contributed by atoms with E-state index in [1.165, 1.54) is 0 Å². The number of pyridine rings is 2. The Bertz CT molecular complexity index is 915. The van der Waals surface area contributed by atoms with Gasteiger partial charge in [-0.3, -0.25) is 14.8 Å². The summed E-state index contributed by atoms with van der Waals surface area (Å²) in [5.41, 5.74) is 1.72. The quantitative estimate of drug-likeness (QED) is 0.769. The Kier molecular flexibility index (Phi) is 4.86. The van der Waals surface area contributed by atoms with E-state index in [-0.39, 0.29) is 11.7 Å². The van der Waals surface area contributed by atoms with Gasteiger partial charge in [-0.15, -0.1) is 0 Å². The number of aromatic hydroxyl groups is 1. The Morgan fingerprint density at radius 2 is 2.08 bits per heavy atom. The van der Waals surface area contributed by atoms with Gasteiger partial charge in [-0.1, -0.05) is 24.6 Å². The Hall–Kier alpha value is -2.66. The number of hydrogen-bond donors (Lipinski definition) is 1. The number of aromatic nitrogens is 2. The molecule has 2 heterocycles. The molecule has 0 aliphatic carbocycles. The highest BCUT2D eigenvalue weighted by Crippen LogP contribution is 2.40. The van der Waals surface area contributed by atoms with E-state index in [4.69, 9.17) is 11.6 Å². The minimum Gasteiger partial charge on any atom is -0.505 e. The van der Waals surface area contributed by atoms with Gasteiger partial charge in [0.1, 0.15) is 11.3 Å². The van der Waals surface area contributed by atoms with E-state index in [9.17, 15) is 9.90 Å². The van der Waals surface area contributed by atoms with Crippen molar-refractivity contribution in [3.8, 4) is 5.75 Å². The van der Waals surface area contributed by atoms with E-state index in [0.717, 1.165) is 5.56 Å². The molecule has 1 aromatic carbocycles.